The maximum Gasteiger partial charge on any atom is 0.229 e. The van der Waals surface area contributed by atoms with Crippen molar-refractivity contribution in [1.29, 1.82) is 5.26 Å². The average Bonchev–Trinajstić information content (AvgIpc) is 2.78. The van der Waals surface area contributed by atoms with Gasteiger partial charge in [0.1, 0.15) is 11.9 Å². The van der Waals surface area contributed by atoms with Crippen LogP contribution in [0.4, 0.5) is 8.78 Å². The second kappa shape index (κ2) is 4.94. The van der Waals surface area contributed by atoms with Gasteiger partial charge < -0.3 is 9.64 Å². The molecule has 0 radical (unpaired) electrons. The third-order valence-electron chi connectivity index (χ3n) is 4.30. The van der Waals surface area contributed by atoms with E-state index in [0.29, 0.717) is 18.5 Å². The van der Waals surface area contributed by atoms with Crippen LogP contribution in [0.3, 0.4) is 0 Å². The molecule has 4 nitrogen and oxygen atoms in total. The number of fused-ring (bicyclic) bond motifs is 4. The van der Waals surface area contributed by atoms with Gasteiger partial charge in [0.2, 0.25) is 5.91 Å². The molecule has 0 unspecified atom stereocenters. The summed E-state index contributed by atoms with van der Waals surface area (Å²) in [4.78, 5) is 14.3. The van der Waals surface area contributed by atoms with Gasteiger partial charge in [-0.3, -0.25) is 4.79 Å². The summed E-state index contributed by atoms with van der Waals surface area (Å²) in [5.41, 5.74) is -0.467. The Morgan fingerprint density at radius 3 is 2.91 bits per heavy atom. The molecular weight excluding hydrogens is 290 g/mol. The summed E-state index contributed by atoms with van der Waals surface area (Å²) in [7, 11) is 0. The number of benzene rings is 1. The van der Waals surface area contributed by atoms with Gasteiger partial charge in [0.15, 0.2) is 11.6 Å². The van der Waals surface area contributed by atoms with Crippen molar-refractivity contribution in [3.63, 3.8) is 0 Å². The van der Waals surface area contributed by atoms with E-state index in [-0.39, 0.29) is 24.2 Å². The Balaban J connectivity index is 1.98. The minimum atomic E-state index is -0.835. The number of rotatable bonds is 2. The van der Waals surface area contributed by atoms with Gasteiger partial charge in [0.05, 0.1) is 24.1 Å². The van der Waals surface area contributed by atoms with Gasteiger partial charge in [0.25, 0.3) is 0 Å². The second-order valence-electron chi connectivity index (χ2n) is 6.47. The van der Waals surface area contributed by atoms with Gasteiger partial charge in [0, 0.05) is 24.5 Å². The SMILES string of the molecule is CC(C)(CC#N)C(=O)N1C[C@@H]2C[C@H]1c1cc(F)cc(F)c1O2. The summed E-state index contributed by atoms with van der Waals surface area (Å²) in [6.45, 7) is 3.73. The number of halogens is 2. The highest BCUT2D eigenvalue weighted by Crippen LogP contribution is 2.46. The predicted molar refractivity (Wildman–Crippen MR) is 73.9 cm³/mol. The van der Waals surface area contributed by atoms with Crippen molar-refractivity contribution in [2.24, 2.45) is 5.41 Å². The number of hydrogen-bond acceptors (Lipinski definition) is 3. The Labute approximate surface area is 127 Å². The number of likely N-dealkylation sites (tertiary alicyclic amines) is 1. The van der Waals surface area contributed by atoms with Crippen LogP contribution < -0.4 is 4.74 Å². The van der Waals surface area contributed by atoms with Gasteiger partial charge >= 0.3 is 0 Å². The summed E-state index contributed by atoms with van der Waals surface area (Å²) in [6, 6.07) is 3.62. The highest BCUT2D eigenvalue weighted by atomic mass is 19.1. The van der Waals surface area contributed by atoms with E-state index in [9.17, 15) is 13.6 Å². The van der Waals surface area contributed by atoms with Crippen LogP contribution >= 0.6 is 0 Å². The van der Waals surface area contributed by atoms with Crippen LogP contribution in [0.25, 0.3) is 0 Å². The molecule has 1 fully saturated rings. The van der Waals surface area contributed by atoms with Crippen LogP contribution in [-0.2, 0) is 4.79 Å². The molecule has 0 saturated carbocycles. The Bertz CT molecular complexity index is 681. The lowest BCUT2D eigenvalue weighted by Crippen LogP contribution is -2.40. The third kappa shape index (κ3) is 2.21. The van der Waals surface area contributed by atoms with Crippen LogP contribution in [0.15, 0.2) is 12.1 Å². The number of amides is 1. The molecule has 2 aliphatic rings. The first-order chi connectivity index (χ1) is 10.3. The quantitative estimate of drug-likeness (QED) is 0.844. The fourth-order valence-electron chi connectivity index (χ4n) is 3.18. The zero-order valence-corrected chi connectivity index (χ0v) is 12.4. The molecule has 1 amide bonds. The maximum absolute atomic E-state index is 13.9. The minimum Gasteiger partial charge on any atom is -0.485 e. The topological polar surface area (TPSA) is 53.3 Å². The number of carbonyl (C=O) groups is 1. The summed E-state index contributed by atoms with van der Waals surface area (Å²) in [6.07, 6.45) is 0.314. The van der Waals surface area contributed by atoms with Crippen molar-refractivity contribution < 1.29 is 18.3 Å². The van der Waals surface area contributed by atoms with E-state index in [1.54, 1.807) is 18.7 Å². The van der Waals surface area contributed by atoms with Crippen molar-refractivity contribution in [1.82, 2.24) is 4.90 Å². The van der Waals surface area contributed by atoms with E-state index >= 15 is 0 Å². The van der Waals surface area contributed by atoms with Crippen molar-refractivity contribution in [3.8, 4) is 11.8 Å². The molecular formula is C16H16F2N2O2. The van der Waals surface area contributed by atoms with Crippen molar-refractivity contribution in [3.05, 3.63) is 29.3 Å². The van der Waals surface area contributed by atoms with Crippen LogP contribution in [0.1, 0.15) is 38.3 Å². The fraction of sp³-hybridized carbons (Fsp3) is 0.500. The first-order valence-electron chi connectivity index (χ1n) is 7.17. The zero-order chi connectivity index (χ0) is 16.1. The molecule has 3 rings (SSSR count). The molecule has 22 heavy (non-hydrogen) atoms. The molecule has 2 heterocycles. The average molecular weight is 306 g/mol. The Morgan fingerprint density at radius 2 is 2.23 bits per heavy atom. The molecule has 1 aromatic rings. The van der Waals surface area contributed by atoms with Crippen LogP contribution in [-0.4, -0.2) is 23.5 Å². The molecule has 2 atom stereocenters. The number of carbonyl (C=O) groups excluding carboxylic acids is 1. The molecule has 1 saturated heterocycles. The van der Waals surface area contributed by atoms with Crippen molar-refractivity contribution in [2.75, 3.05) is 6.54 Å². The van der Waals surface area contributed by atoms with E-state index in [2.05, 4.69) is 0 Å². The number of nitriles is 1. The molecule has 116 valence electrons. The normalized spacial score (nSPS) is 22.8. The van der Waals surface area contributed by atoms with Crippen LogP contribution in [0.5, 0.6) is 5.75 Å². The minimum absolute atomic E-state index is 0.0380. The standard InChI is InChI=1S/C16H16F2N2O2/c1-16(2,3-4-19)15(21)20-8-10-7-13(20)11-5-9(17)6-12(18)14(11)22-10/h5-6,10,13H,3,7-8H2,1-2H3/t10-,13-/m0/s1. The Kier molecular flexibility index (Phi) is 3.32. The molecule has 6 heteroatoms. The van der Waals surface area contributed by atoms with Crippen LogP contribution in [0, 0.1) is 28.4 Å². The fourth-order valence-corrected chi connectivity index (χ4v) is 3.18. The van der Waals surface area contributed by atoms with Gasteiger partial charge in [-0.2, -0.15) is 5.26 Å². The highest BCUT2D eigenvalue weighted by molar-refractivity contribution is 5.83. The lowest BCUT2D eigenvalue weighted by Gasteiger charge is -2.32. The summed E-state index contributed by atoms with van der Waals surface area (Å²) in [5, 5.41) is 8.87. The second-order valence-corrected chi connectivity index (χ2v) is 6.47. The number of ether oxygens (including phenoxy) is 1. The summed E-state index contributed by atoms with van der Waals surface area (Å²) in [5.74, 6) is -1.58. The van der Waals surface area contributed by atoms with E-state index in [1.165, 1.54) is 6.07 Å². The lowest BCUT2D eigenvalue weighted by atomic mass is 9.87. The Hall–Kier alpha value is -2.16. The number of nitrogens with zero attached hydrogens (tertiary/aromatic N) is 2. The van der Waals surface area contributed by atoms with Crippen molar-refractivity contribution >= 4 is 5.91 Å². The van der Waals surface area contributed by atoms with E-state index in [0.717, 1.165) is 6.07 Å². The van der Waals surface area contributed by atoms with Crippen LogP contribution in [0.2, 0.25) is 0 Å². The number of hydrogen-bond donors (Lipinski definition) is 0. The van der Waals surface area contributed by atoms with E-state index in [4.69, 9.17) is 10.00 Å². The summed E-state index contributed by atoms with van der Waals surface area (Å²) >= 11 is 0. The van der Waals surface area contributed by atoms with Gasteiger partial charge in [-0.05, 0) is 6.07 Å². The molecule has 0 aliphatic carbocycles. The largest absolute Gasteiger partial charge is 0.485 e. The lowest BCUT2D eigenvalue weighted by molar-refractivity contribution is -0.141. The molecule has 0 aromatic heterocycles. The van der Waals surface area contributed by atoms with E-state index < -0.39 is 23.1 Å². The van der Waals surface area contributed by atoms with Gasteiger partial charge in [-0.15, -0.1) is 0 Å². The molecule has 0 spiro atoms. The maximum atomic E-state index is 13.9. The Morgan fingerprint density at radius 1 is 1.50 bits per heavy atom. The monoisotopic (exact) mass is 306 g/mol. The molecule has 2 bridgehead atoms. The summed E-state index contributed by atoms with van der Waals surface area (Å²) < 4.78 is 33.0. The van der Waals surface area contributed by atoms with Crippen molar-refractivity contribution in [2.45, 2.75) is 38.8 Å². The first kappa shape index (κ1) is 14.8. The van der Waals surface area contributed by atoms with E-state index in [1.807, 2.05) is 6.07 Å². The molecule has 0 N–H and O–H groups in total. The predicted octanol–water partition coefficient (Wildman–Crippen LogP) is 2.94. The molecule has 1 aromatic carbocycles. The highest BCUT2D eigenvalue weighted by Gasteiger charge is 2.46. The van der Waals surface area contributed by atoms with Gasteiger partial charge in [-0.1, -0.05) is 13.8 Å². The zero-order valence-electron chi connectivity index (χ0n) is 12.4. The smallest absolute Gasteiger partial charge is 0.229 e. The first-order valence-corrected chi connectivity index (χ1v) is 7.17. The van der Waals surface area contributed by atoms with Gasteiger partial charge in [-0.25, -0.2) is 8.78 Å². The third-order valence-corrected chi connectivity index (χ3v) is 4.30. The molecule has 2 aliphatic heterocycles.